The first-order chi connectivity index (χ1) is 11.7. The van der Waals surface area contributed by atoms with Crippen molar-refractivity contribution in [3.05, 3.63) is 28.8 Å². The minimum Gasteiger partial charge on any atom is -0.399 e. The van der Waals surface area contributed by atoms with E-state index in [1.54, 1.807) is 12.1 Å². The molecule has 0 aliphatic carbocycles. The highest BCUT2D eigenvalue weighted by Crippen LogP contribution is 2.36. The van der Waals surface area contributed by atoms with Gasteiger partial charge in [0.15, 0.2) is 0 Å². The number of piperidine rings is 1. The fourth-order valence-electron chi connectivity index (χ4n) is 3.08. The van der Waals surface area contributed by atoms with Gasteiger partial charge < -0.3 is 19.9 Å². The van der Waals surface area contributed by atoms with Crippen molar-refractivity contribution in [3.8, 4) is 0 Å². The standard InChI is InChI=1S/C18H26BClN2O3.ClH/c1-17(2)18(3,4)25-19(24-17)12-7-8-14(15(20)10-12)16(23)22-13-6-5-9-21-11-13;/h7-8,10,13,21H,5-6,9,11H2,1-4H3,(H,22,23);1H/t13-;/m1./s1. The van der Waals surface area contributed by atoms with E-state index in [9.17, 15) is 4.79 Å². The van der Waals surface area contributed by atoms with Crippen LogP contribution < -0.4 is 16.1 Å². The molecule has 2 saturated heterocycles. The van der Waals surface area contributed by atoms with Gasteiger partial charge >= 0.3 is 7.12 Å². The Hall–Kier alpha value is -0.785. The molecule has 2 fully saturated rings. The van der Waals surface area contributed by atoms with Gasteiger partial charge in [0, 0.05) is 12.6 Å². The van der Waals surface area contributed by atoms with Crippen LogP contribution in [0.25, 0.3) is 0 Å². The summed E-state index contributed by atoms with van der Waals surface area (Å²) in [6.07, 6.45) is 2.06. The molecule has 0 radical (unpaired) electrons. The Morgan fingerprint density at radius 2 is 1.92 bits per heavy atom. The van der Waals surface area contributed by atoms with Crippen molar-refractivity contribution in [3.63, 3.8) is 0 Å². The molecule has 0 saturated carbocycles. The summed E-state index contributed by atoms with van der Waals surface area (Å²) < 4.78 is 12.1. The highest BCUT2D eigenvalue weighted by molar-refractivity contribution is 6.62. The van der Waals surface area contributed by atoms with Crippen molar-refractivity contribution < 1.29 is 14.1 Å². The Bertz CT molecular complexity index is 648. The van der Waals surface area contributed by atoms with Crippen molar-refractivity contribution >= 4 is 42.5 Å². The third-order valence-electron chi connectivity index (χ3n) is 5.40. The highest BCUT2D eigenvalue weighted by Gasteiger charge is 2.51. The molecule has 2 aliphatic rings. The van der Waals surface area contributed by atoms with Crippen molar-refractivity contribution in [2.75, 3.05) is 13.1 Å². The molecule has 2 aliphatic heterocycles. The zero-order chi connectivity index (χ0) is 18.2. The van der Waals surface area contributed by atoms with Crippen LogP contribution in [0.4, 0.5) is 0 Å². The van der Waals surface area contributed by atoms with Gasteiger partial charge in [-0.1, -0.05) is 17.7 Å². The van der Waals surface area contributed by atoms with Gasteiger partial charge in [-0.05, 0) is 64.7 Å². The summed E-state index contributed by atoms with van der Waals surface area (Å²) >= 11 is 6.37. The highest BCUT2D eigenvalue weighted by atomic mass is 35.5. The summed E-state index contributed by atoms with van der Waals surface area (Å²) in [7, 11) is -0.484. The lowest BCUT2D eigenvalue weighted by Gasteiger charge is -2.32. The van der Waals surface area contributed by atoms with Gasteiger partial charge in [0.1, 0.15) is 0 Å². The van der Waals surface area contributed by atoms with E-state index in [-0.39, 0.29) is 24.4 Å². The second kappa shape index (κ2) is 8.07. The zero-order valence-corrected chi connectivity index (χ0v) is 17.3. The first kappa shape index (κ1) is 21.5. The number of benzene rings is 1. The summed E-state index contributed by atoms with van der Waals surface area (Å²) in [6, 6.07) is 5.51. The van der Waals surface area contributed by atoms with Gasteiger partial charge in [-0.15, -0.1) is 12.4 Å². The van der Waals surface area contributed by atoms with Gasteiger partial charge in [0.05, 0.1) is 21.8 Å². The van der Waals surface area contributed by atoms with Gasteiger partial charge in [-0.25, -0.2) is 0 Å². The normalized spacial score (nSPS) is 24.0. The summed E-state index contributed by atoms with van der Waals surface area (Å²) in [4.78, 5) is 12.5. The molecule has 5 nitrogen and oxygen atoms in total. The van der Waals surface area contributed by atoms with E-state index < -0.39 is 18.3 Å². The molecular weight excluding hydrogens is 374 g/mol. The third-order valence-corrected chi connectivity index (χ3v) is 5.71. The molecule has 2 heterocycles. The van der Waals surface area contributed by atoms with Gasteiger partial charge in [0.2, 0.25) is 0 Å². The Morgan fingerprint density at radius 3 is 2.46 bits per heavy atom. The fourth-order valence-corrected chi connectivity index (χ4v) is 3.35. The second-order valence-corrected chi connectivity index (χ2v) is 8.25. The van der Waals surface area contributed by atoms with E-state index in [2.05, 4.69) is 10.6 Å². The molecule has 1 aromatic carbocycles. The summed E-state index contributed by atoms with van der Waals surface area (Å²) in [5.74, 6) is -0.140. The minimum atomic E-state index is -0.484. The first-order valence-electron chi connectivity index (χ1n) is 8.86. The van der Waals surface area contributed by atoms with Crippen molar-refractivity contribution in [2.45, 2.75) is 57.8 Å². The molecule has 0 bridgehead atoms. The molecule has 3 rings (SSSR count). The topological polar surface area (TPSA) is 59.6 Å². The largest absolute Gasteiger partial charge is 0.494 e. The molecule has 8 heteroatoms. The molecule has 1 amide bonds. The number of carbonyl (C=O) groups is 1. The Morgan fingerprint density at radius 1 is 1.27 bits per heavy atom. The van der Waals surface area contributed by atoms with Gasteiger partial charge in [-0.2, -0.15) is 0 Å². The third kappa shape index (κ3) is 4.37. The monoisotopic (exact) mass is 400 g/mol. The number of hydrogen-bond acceptors (Lipinski definition) is 4. The lowest BCUT2D eigenvalue weighted by Crippen LogP contribution is -2.45. The lowest BCUT2D eigenvalue weighted by molar-refractivity contribution is 0.00578. The maximum atomic E-state index is 12.5. The molecule has 26 heavy (non-hydrogen) atoms. The van der Waals surface area contributed by atoms with Crippen LogP contribution in [-0.4, -0.2) is 43.4 Å². The molecule has 1 atom stereocenters. The summed E-state index contributed by atoms with van der Waals surface area (Å²) in [6.45, 7) is 9.85. The van der Waals surface area contributed by atoms with Crippen LogP contribution in [0.3, 0.4) is 0 Å². The van der Waals surface area contributed by atoms with E-state index >= 15 is 0 Å². The summed E-state index contributed by atoms with van der Waals surface area (Å²) in [5, 5.41) is 6.74. The van der Waals surface area contributed by atoms with Gasteiger partial charge in [-0.3, -0.25) is 4.79 Å². The van der Waals surface area contributed by atoms with E-state index in [4.69, 9.17) is 20.9 Å². The minimum absolute atomic E-state index is 0. The van der Waals surface area contributed by atoms with Crippen LogP contribution in [0.1, 0.15) is 50.9 Å². The number of hydrogen-bond donors (Lipinski definition) is 2. The molecule has 144 valence electrons. The molecule has 0 unspecified atom stereocenters. The predicted molar refractivity (Wildman–Crippen MR) is 108 cm³/mol. The van der Waals surface area contributed by atoms with Crippen LogP contribution >= 0.6 is 24.0 Å². The van der Waals surface area contributed by atoms with Crippen LogP contribution in [0.15, 0.2) is 18.2 Å². The number of carbonyl (C=O) groups excluding carboxylic acids is 1. The van der Waals surface area contributed by atoms with E-state index in [1.165, 1.54) is 0 Å². The van der Waals surface area contributed by atoms with Crippen molar-refractivity contribution in [2.24, 2.45) is 0 Å². The maximum Gasteiger partial charge on any atom is 0.494 e. The summed E-state index contributed by atoms with van der Waals surface area (Å²) in [5.41, 5.74) is 0.481. The molecule has 0 aromatic heterocycles. The van der Waals surface area contributed by atoms with Crippen molar-refractivity contribution in [1.29, 1.82) is 0 Å². The zero-order valence-electron chi connectivity index (χ0n) is 15.7. The lowest BCUT2D eigenvalue weighted by atomic mass is 9.79. The number of rotatable bonds is 3. The molecule has 0 spiro atoms. The Labute approximate surface area is 167 Å². The second-order valence-electron chi connectivity index (χ2n) is 7.84. The van der Waals surface area contributed by atoms with Gasteiger partial charge in [0.25, 0.3) is 5.91 Å². The number of nitrogens with one attached hydrogen (secondary N) is 2. The average molecular weight is 401 g/mol. The van der Waals surface area contributed by atoms with Crippen LogP contribution in [-0.2, 0) is 9.31 Å². The predicted octanol–water partition coefficient (Wildman–Crippen LogP) is 2.54. The average Bonchev–Trinajstić information content (AvgIpc) is 2.76. The van der Waals surface area contributed by atoms with Crippen molar-refractivity contribution in [1.82, 2.24) is 10.6 Å². The van der Waals surface area contributed by atoms with E-state index in [1.807, 2.05) is 33.8 Å². The fraction of sp³-hybridized carbons (Fsp3) is 0.611. The van der Waals surface area contributed by atoms with E-state index in [0.717, 1.165) is 31.4 Å². The smallest absolute Gasteiger partial charge is 0.399 e. The Balaban J connectivity index is 0.00000243. The first-order valence-corrected chi connectivity index (χ1v) is 9.24. The molecule has 1 aromatic rings. The number of amides is 1. The number of halogens is 2. The quantitative estimate of drug-likeness (QED) is 0.765. The molecular formula is C18H27BCl2N2O3. The maximum absolute atomic E-state index is 12.5. The van der Waals surface area contributed by atoms with Crippen LogP contribution in [0, 0.1) is 0 Å². The Kier molecular flexibility index (Phi) is 6.68. The molecule has 2 N–H and O–H groups in total. The van der Waals surface area contributed by atoms with Crippen LogP contribution in [0.5, 0.6) is 0 Å². The SMILES string of the molecule is CC1(C)OB(c2ccc(C(=O)N[C@@H]3CCCNC3)c(Cl)c2)OC1(C)C.Cl. The van der Waals surface area contributed by atoms with E-state index in [0.29, 0.717) is 10.6 Å². The van der Waals surface area contributed by atoms with Crippen LogP contribution in [0.2, 0.25) is 5.02 Å².